The maximum absolute atomic E-state index is 9.64. The van der Waals surface area contributed by atoms with E-state index in [1.54, 1.807) is 0 Å². The maximum atomic E-state index is 9.64. The Morgan fingerprint density at radius 1 is 1.38 bits per heavy atom. The van der Waals surface area contributed by atoms with Crippen LogP contribution in [0, 0.1) is 3.57 Å². The van der Waals surface area contributed by atoms with Gasteiger partial charge in [0.1, 0.15) is 0 Å². The zero-order valence-corrected chi connectivity index (χ0v) is 11.7. The first-order chi connectivity index (χ1) is 7.56. The number of aliphatic hydroxyl groups excluding tert-OH is 1. The fourth-order valence-corrected chi connectivity index (χ4v) is 2.66. The minimum absolute atomic E-state index is 0.259. The van der Waals surface area contributed by atoms with Gasteiger partial charge in [0.05, 0.1) is 6.10 Å². The van der Waals surface area contributed by atoms with Crippen LogP contribution in [0.15, 0.2) is 24.3 Å². The third kappa shape index (κ3) is 2.64. The lowest BCUT2D eigenvalue weighted by Crippen LogP contribution is -2.17. The molecule has 1 atom stereocenters. The molecule has 0 radical (unpaired) electrons. The predicted octanol–water partition coefficient (Wildman–Crippen LogP) is 2.50. The third-order valence-corrected chi connectivity index (χ3v) is 3.33. The summed E-state index contributed by atoms with van der Waals surface area (Å²) in [6.45, 7) is 0.938. The van der Waals surface area contributed by atoms with E-state index in [4.69, 9.17) is 0 Å². The molecule has 1 aliphatic rings. The molecule has 0 aliphatic heterocycles. The van der Waals surface area contributed by atoms with Crippen LogP contribution in [-0.4, -0.2) is 30.2 Å². The zero-order valence-electron chi connectivity index (χ0n) is 9.57. The van der Waals surface area contributed by atoms with Gasteiger partial charge in [-0.2, -0.15) is 0 Å². The van der Waals surface area contributed by atoms with E-state index in [0.717, 1.165) is 18.5 Å². The Labute approximate surface area is 110 Å². The number of nitrogens with zero attached hydrogens (tertiary/aromatic N) is 1. The molecule has 2 rings (SSSR count). The van der Waals surface area contributed by atoms with Crippen molar-refractivity contribution in [2.75, 3.05) is 14.1 Å². The molecule has 0 spiro atoms. The van der Waals surface area contributed by atoms with Gasteiger partial charge in [-0.3, -0.25) is 0 Å². The molecule has 1 N–H and O–H groups in total. The minimum atomic E-state index is -0.259. The van der Waals surface area contributed by atoms with E-state index in [0.29, 0.717) is 0 Å². The second-order valence-corrected chi connectivity index (χ2v) is 5.74. The van der Waals surface area contributed by atoms with Crippen LogP contribution in [0.3, 0.4) is 0 Å². The van der Waals surface area contributed by atoms with E-state index in [2.05, 4.69) is 65.9 Å². The van der Waals surface area contributed by atoms with Crippen molar-refractivity contribution < 1.29 is 5.11 Å². The molecule has 0 amide bonds. The van der Waals surface area contributed by atoms with Gasteiger partial charge in [0, 0.05) is 10.1 Å². The summed E-state index contributed by atoms with van der Waals surface area (Å²) in [6, 6.07) is 6.50. The van der Waals surface area contributed by atoms with Crippen LogP contribution < -0.4 is 0 Å². The highest BCUT2D eigenvalue weighted by Gasteiger charge is 2.20. The summed E-state index contributed by atoms with van der Waals surface area (Å²) in [5.41, 5.74) is 3.55. The summed E-state index contributed by atoms with van der Waals surface area (Å²) in [5, 5.41) is 9.64. The van der Waals surface area contributed by atoms with Gasteiger partial charge >= 0.3 is 0 Å². The van der Waals surface area contributed by atoms with Crippen LogP contribution in [0.25, 0.3) is 5.57 Å². The summed E-state index contributed by atoms with van der Waals surface area (Å²) < 4.78 is 1.23. The quantitative estimate of drug-likeness (QED) is 0.862. The predicted molar refractivity (Wildman–Crippen MR) is 75.2 cm³/mol. The van der Waals surface area contributed by atoms with E-state index >= 15 is 0 Å². The van der Waals surface area contributed by atoms with Gasteiger partial charge in [0.25, 0.3) is 0 Å². The molecule has 0 saturated carbocycles. The maximum Gasteiger partial charge on any atom is 0.0827 e. The fourth-order valence-electron chi connectivity index (χ4n) is 1.92. The van der Waals surface area contributed by atoms with Gasteiger partial charge in [-0.15, -0.1) is 0 Å². The molecule has 0 bridgehead atoms. The Morgan fingerprint density at radius 2 is 2.12 bits per heavy atom. The van der Waals surface area contributed by atoms with Crippen LogP contribution in [0.4, 0.5) is 0 Å². The number of rotatable bonds is 3. The molecule has 0 fully saturated rings. The first kappa shape index (κ1) is 12.1. The van der Waals surface area contributed by atoms with E-state index in [-0.39, 0.29) is 6.10 Å². The summed E-state index contributed by atoms with van der Waals surface area (Å²) in [6.07, 6.45) is 2.64. The van der Waals surface area contributed by atoms with Crippen LogP contribution in [-0.2, 0) is 6.54 Å². The third-order valence-electron chi connectivity index (χ3n) is 2.71. The molecule has 16 heavy (non-hydrogen) atoms. The molecule has 86 valence electrons. The standard InChI is InChI=1S/C13H16INO/c1-15(2)8-9-5-10(7-11(14)6-9)12-3-4-13(12)16/h3,5-7,13,16H,4,8H2,1-2H3. The second kappa shape index (κ2) is 4.85. The van der Waals surface area contributed by atoms with Crippen LogP contribution in [0.5, 0.6) is 0 Å². The Kier molecular flexibility index (Phi) is 3.66. The van der Waals surface area contributed by atoms with Crippen molar-refractivity contribution in [2.24, 2.45) is 0 Å². The van der Waals surface area contributed by atoms with Gasteiger partial charge < -0.3 is 10.0 Å². The number of aliphatic hydroxyl groups is 1. The Bertz CT molecular complexity index is 426. The van der Waals surface area contributed by atoms with Crippen LogP contribution >= 0.6 is 22.6 Å². The van der Waals surface area contributed by atoms with Crippen molar-refractivity contribution in [2.45, 2.75) is 19.1 Å². The molecule has 3 heteroatoms. The van der Waals surface area contributed by atoms with Crippen molar-refractivity contribution in [1.82, 2.24) is 4.90 Å². The van der Waals surface area contributed by atoms with Crippen LogP contribution in [0.2, 0.25) is 0 Å². The average Bonchev–Trinajstić information content (AvgIpc) is 2.13. The summed E-state index contributed by atoms with van der Waals surface area (Å²) in [7, 11) is 4.13. The van der Waals surface area contributed by atoms with Gasteiger partial charge in [0.15, 0.2) is 0 Å². The molecule has 2 nitrogen and oxygen atoms in total. The summed E-state index contributed by atoms with van der Waals surface area (Å²) in [4.78, 5) is 2.15. The smallest absolute Gasteiger partial charge is 0.0827 e. The molecule has 1 aromatic carbocycles. The average molecular weight is 329 g/mol. The number of benzene rings is 1. The SMILES string of the molecule is CN(C)Cc1cc(I)cc(C2=CCC2O)c1. The van der Waals surface area contributed by atoms with Crippen molar-refractivity contribution >= 4 is 28.2 Å². The highest BCUT2D eigenvalue weighted by atomic mass is 127. The van der Waals surface area contributed by atoms with Crippen LogP contribution in [0.1, 0.15) is 17.5 Å². The first-order valence-corrected chi connectivity index (χ1v) is 6.47. The number of halogens is 1. The van der Waals surface area contributed by atoms with Crippen molar-refractivity contribution in [1.29, 1.82) is 0 Å². The minimum Gasteiger partial charge on any atom is -0.388 e. The molecule has 1 unspecified atom stereocenters. The van der Waals surface area contributed by atoms with Gasteiger partial charge in [-0.05, 0) is 71.9 Å². The monoisotopic (exact) mass is 329 g/mol. The Morgan fingerprint density at radius 3 is 2.62 bits per heavy atom. The van der Waals surface area contributed by atoms with E-state index < -0.39 is 0 Å². The highest BCUT2D eigenvalue weighted by molar-refractivity contribution is 14.1. The van der Waals surface area contributed by atoms with Gasteiger partial charge in [-0.25, -0.2) is 0 Å². The second-order valence-electron chi connectivity index (χ2n) is 4.50. The van der Waals surface area contributed by atoms with Crippen molar-refractivity contribution in [3.05, 3.63) is 39.0 Å². The normalized spacial score (nSPS) is 19.6. The number of hydrogen-bond donors (Lipinski definition) is 1. The lowest BCUT2D eigenvalue weighted by molar-refractivity contribution is 0.222. The Balaban J connectivity index is 2.29. The lowest BCUT2D eigenvalue weighted by Gasteiger charge is -2.23. The lowest BCUT2D eigenvalue weighted by atomic mass is 9.88. The molecular formula is C13H16INO. The molecule has 1 aliphatic carbocycles. The van der Waals surface area contributed by atoms with E-state index in [1.165, 1.54) is 14.7 Å². The van der Waals surface area contributed by atoms with Gasteiger partial charge in [0.2, 0.25) is 0 Å². The molecule has 0 saturated heterocycles. The van der Waals surface area contributed by atoms with E-state index in [1.807, 2.05) is 0 Å². The highest BCUT2D eigenvalue weighted by Crippen LogP contribution is 2.31. The fraction of sp³-hybridized carbons (Fsp3) is 0.385. The van der Waals surface area contributed by atoms with Crippen molar-refractivity contribution in [3.8, 4) is 0 Å². The number of hydrogen-bond acceptors (Lipinski definition) is 2. The molecule has 0 heterocycles. The largest absolute Gasteiger partial charge is 0.388 e. The first-order valence-electron chi connectivity index (χ1n) is 5.39. The van der Waals surface area contributed by atoms with Crippen molar-refractivity contribution in [3.63, 3.8) is 0 Å². The molecule has 0 aromatic heterocycles. The summed E-state index contributed by atoms with van der Waals surface area (Å²) >= 11 is 2.33. The van der Waals surface area contributed by atoms with E-state index in [9.17, 15) is 5.11 Å². The zero-order chi connectivity index (χ0) is 11.7. The topological polar surface area (TPSA) is 23.5 Å². The summed E-state index contributed by atoms with van der Waals surface area (Å²) in [5.74, 6) is 0. The van der Waals surface area contributed by atoms with Gasteiger partial charge in [-0.1, -0.05) is 12.1 Å². The molecule has 1 aromatic rings. The molecular weight excluding hydrogens is 313 g/mol. The Hall–Kier alpha value is -0.390.